The molecule has 1 amide bonds. The molecule has 1 N–H and O–H groups in total. The number of fused-ring (bicyclic) bond motifs is 1. The van der Waals surface area contributed by atoms with Crippen molar-refractivity contribution >= 4 is 28.2 Å². The van der Waals surface area contributed by atoms with Crippen LogP contribution in [0.2, 0.25) is 0 Å². The lowest BCUT2D eigenvalue weighted by Crippen LogP contribution is -2.31. The smallest absolute Gasteiger partial charge is 0.257 e. The topological polar surface area (TPSA) is 50.2 Å². The van der Waals surface area contributed by atoms with Gasteiger partial charge in [0, 0.05) is 36.0 Å². The van der Waals surface area contributed by atoms with Crippen molar-refractivity contribution in [3.63, 3.8) is 0 Å². The minimum Gasteiger partial charge on any atom is -0.371 e. The molecule has 0 atom stereocenters. The molecule has 1 aromatic heterocycles. The summed E-state index contributed by atoms with van der Waals surface area (Å²) in [5.74, 6) is -0.0945. The van der Waals surface area contributed by atoms with Crippen LogP contribution in [0.15, 0.2) is 72.9 Å². The highest BCUT2D eigenvalue weighted by atomic mass is 16.1. The predicted molar refractivity (Wildman–Crippen MR) is 126 cm³/mol. The highest BCUT2D eigenvalue weighted by Gasteiger charge is 2.20. The molecule has 5 rings (SSSR count). The zero-order chi connectivity index (χ0) is 21.2. The quantitative estimate of drug-likeness (QED) is 0.478. The molecule has 156 valence electrons. The number of nitrogens with one attached hydrogen (secondary N) is 1. The second-order valence-electron chi connectivity index (χ2n) is 8.20. The van der Waals surface area contributed by atoms with Gasteiger partial charge in [0.1, 0.15) is 0 Å². The first kappa shape index (κ1) is 19.4. The maximum atomic E-state index is 13.4. The van der Waals surface area contributed by atoms with Crippen molar-refractivity contribution in [3.8, 4) is 5.69 Å². The van der Waals surface area contributed by atoms with Crippen LogP contribution in [0.5, 0.6) is 0 Å². The molecule has 1 aliphatic rings. The van der Waals surface area contributed by atoms with Gasteiger partial charge in [0.05, 0.1) is 16.8 Å². The minimum atomic E-state index is -0.0945. The maximum absolute atomic E-state index is 13.4. The molecule has 1 fully saturated rings. The number of hydrogen-bond donors (Lipinski definition) is 1. The molecule has 5 heteroatoms. The molecule has 1 aliphatic heterocycles. The van der Waals surface area contributed by atoms with E-state index in [0.29, 0.717) is 5.56 Å². The van der Waals surface area contributed by atoms with Gasteiger partial charge in [-0.1, -0.05) is 35.9 Å². The maximum Gasteiger partial charge on any atom is 0.257 e. The number of anilines is 2. The van der Waals surface area contributed by atoms with Gasteiger partial charge in [-0.3, -0.25) is 4.79 Å². The fraction of sp³-hybridized carbons (Fsp3) is 0.231. The predicted octanol–water partition coefficient (Wildman–Crippen LogP) is 5.58. The summed E-state index contributed by atoms with van der Waals surface area (Å²) in [5, 5.41) is 8.84. The van der Waals surface area contributed by atoms with Crippen LogP contribution in [0.3, 0.4) is 0 Å². The summed E-state index contributed by atoms with van der Waals surface area (Å²) in [7, 11) is 0. The van der Waals surface area contributed by atoms with Crippen LogP contribution >= 0.6 is 0 Å². The third-order valence-corrected chi connectivity index (χ3v) is 5.91. The highest BCUT2D eigenvalue weighted by Crippen LogP contribution is 2.28. The SMILES string of the molecule is Cc1ccc(NC(=O)c2cc(-n3cc4ccccc4n3)ccc2N2CCCCC2)cc1. The summed E-state index contributed by atoms with van der Waals surface area (Å²) in [5.41, 5.74) is 5.46. The number of carbonyl (C=O) groups is 1. The van der Waals surface area contributed by atoms with Crippen molar-refractivity contribution in [3.05, 3.63) is 84.1 Å². The number of nitrogens with zero attached hydrogens (tertiary/aromatic N) is 3. The number of hydrogen-bond acceptors (Lipinski definition) is 3. The van der Waals surface area contributed by atoms with E-state index >= 15 is 0 Å². The van der Waals surface area contributed by atoms with Gasteiger partial charge in [-0.2, -0.15) is 5.10 Å². The van der Waals surface area contributed by atoms with Crippen LogP contribution in [0.25, 0.3) is 16.6 Å². The number of aryl methyl sites for hydroxylation is 1. The number of benzene rings is 3. The van der Waals surface area contributed by atoms with E-state index in [-0.39, 0.29) is 5.91 Å². The van der Waals surface area contributed by atoms with E-state index in [1.54, 1.807) is 0 Å². The van der Waals surface area contributed by atoms with Gasteiger partial charge in [-0.15, -0.1) is 0 Å². The van der Waals surface area contributed by atoms with Gasteiger partial charge >= 0.3 is 0 Å². The first-order valence-corrected chi connectivity index (χ1v) is 10.9. The van der Waals surface area contributed by atoms with Crippen molar-refractivity contribution in [1.29, 1.82) is 0 Å². The molecular formula is C26H26N4O. The first-order valence-electron chi connectivity index (χ1n) is 10.9. The van der Waals surface area contributed by atoms with Gasteiger partial charge in [0.2, 0.25) is 0 Å². The van der Waals surface area contributed by atoms with Gasteiger partial charge in [0.15, 0.2) is 0 Å². The molecule has 0 saturated carbocycles. The Labute approximate surface area is 182 Å². The Morgan fingerprint density at radius 1 is 0.935 bits per heavy atom. The molecule has 0 radical (unpaired) electrons. The Kier molecular flexibility index (Phi) is 5.16. The zero-order valence-corrected chi connectivity index (χ0v) is 17.7. The van der Waals surface area contributed by atoms with Crippen molar-refractivity contribution in [1.82, 2.24) is 9.78 Å². The summed E-state index contributed by atoms with van der Waals surface area (Å²) in [4.78, 5) is 15.7. The molecule has 0 bridgehead atoms. The largest absolute Gasteiger partial charge is 0.371 e. The summed E-state index contributed by atoms with van der Waals surface area (Å²) in [6.07, 6.45) is 5.57. The summed E-state index contributed by atoms with van der Waals surface area (Å²) in [6.45, 7) is 4.00. The number of aromatic nitrogens is 2. The lowest BCUT2D eigenvalue weighted by Gasteiger charge is -2.30. The second kappa shape index (κ2) is 8.26. The molecule has 5 nitrogen and oxygen atoms in total. The van der Waals surface area contributed by atoms with Crippen molar-refractivity contribution < 1.29 is 4.79 Å². The Bertz CT molecular complexity index is 1190. The fourth-order valence-electron chi connectivity index (χ4n) is 4.19. The second-order valence-corrected chi connectivity index (χ2v) is 8.20. The van der Waals surface area contributed by atoms with E-state index in [0.717, 1.165) is 53.9 Å². The number of rotatable bonds is 4. The molecule has 3 aromatic carbocycles. The zero-order valence-electron chi connectivity index (χ0n) is 17.7. The molecule has 0 aliphatic carbocycles. The average Bonchev–Trinajstić information content (AvgIpc) is 3.25. The van der Waals surface area contributed by atoms with Crippen molar-refractivity contribution in [2.24, 2.45) is 0 Å². The Morgan fingerprint density at radius 3 is 2.48 bits per heavy atom. The molecule has 2 heterocycles. The Hall–Kier alpha value is -3.60. The van der Waals surface area contributed by atoms with Crippen LogP contribution in [0.4, 0.5) is 11.4 Å². The number of piperidine rings is 1. The first-order chi connectivity index (χ1) is 15.2. The van der Waals surface area contributed by atoms with E-state index in [4.69, 9.17) is 5.10 Å². The van der Waals surface area contributed by atoms with Crippen LogP contribution in [-0.4, -0.2) is 28.8 Å². The Morgan fingerprint density at radius 2 is 1.71 bits per heavy atom. The highest BCUT2D eigenvalue weighted by molar-refractivity contribution is 6.08. The fourth-order valence-corrected chi connectivity index (χ4v) is 4.19. The van der Waals surface area contributed by atoms with E-state index in [1.807, 2.05) is 72.4 Å². The van der Waals surface area contributed by atoms with E-state index in [1.165, 1.54) is 12.0 Å². The monoisotopic (exact) mass is 410 g/mol. The van der Waals surface area contributed by atoms with E-state index < -0.39 is 0 Å². The minimum absolute atomic E-state index is 0.0945. The van der Waals surface area contributed by atoms with Crippen LogP contribution < -0.4 is 10.2 Å². The van der Waals surface area contributed by atoms with E-state index in [9.17, 15) is 4.79 Å². The van der Waals surface area contributed by atoms with E-state index in [2.05, 4.69) is 22.3 Å². The van der Waals surface area contributed by atoms with Crippen LogP contribution in [0, 0.1) is 6.92 Å². The summed E-state index contributed by atoms with van der Waals surface area (Å²) in [6, 6.07) is 22.0. The lowest BCUT2D eigenvalue weighted by atomic mass is 10.1. The lowest BCUT2D eigenvalue weighted by molar-refractivity contribution is 0.102. The molecule has 0 unspecified atom stereocenters. The van der Waals surface area contributed by atoms with Crippen LogP contribution in [-0.2, 0) is 0 Å². The van der Waals surface area contributed by atoms with Gasteiger partial charge in [-0.25, -0.2) is 4.68 Å². The molecule has 4 aromatic rings. The van der Waals surface area contributed by atoms with Crippen molar-refractivity contribution in [2.45, 2.75) is 26.2 Å². The number of amides is 1. The summed E-state index contributed by atoms with van der Waals surface area (Å²) >= 11 is 0. The average molecular weight is 411 g/mol. The Balaban J connectivity index is 1.53. The molecule has 0 spiro atoms. The molecule has 1 saturated heterocycles. The van der Waals surface area contributed by atoms with Crippen molar-refractivity contribution in [2.75, 3.05) is 23.3 Å². The molecular weight excluding hydrogens is 384 g/mol. The van der Waals surface area contributed by atoms with Crippen LogP contribution in [0.1, 0.15) is 35.2 Å². The normalized spacial score (nSPS) is 14.0. The van der Waals surface area contributed by atoms with Gasteiger partial charge < -0.3 is 10.2 Å². The third-order valence-electron chi connectivity index (χ3n) is 5.91. The molecule has 31 heavy (non-hydrogen) atoms. The number of carbonyl (C=O) groups excluding carboxylic acids is 1. The third kappa shape index (κ3) is 4.04. The van der Waals surface area contributed by atoms with Gasteiger partial charge in [0.25, 0.3) is 5.91 Å². The van der Waals surface area contributed by atoms with Gasteiger partial charge in [-0.05, 0) is 62.6 Å². The summed E-state index contributed by atoms with van der Waals surface area (Å²) < 4.78 is 1.85. The standard InChI is InChI=1S/C26H26N4O/c1-19-9-11-21(12-10-19)27-26(31)23-17-22(13-14-25(23)29-15-5-2-6-16-29)30-18-20-7-3-4-8-24(20)28-30/h3-4,7-14,17-18H,2,5-6,15-16H2,1H3,(H,27,31).